The molecule has 1 unspecified atom stereocenters. The number of thioether (sulfide) groups is 1. The van der Waals surface area contributed by atoms with Gasteiger partial charge in [-0.15, -0.1) is 0 Å². The highest BCUT2D eigenvalue weighted by atomic mass is 32.2. The molecule has 0 aliphatic carbocycles. The Morgan fingerprint density at radius 1 is 1.41 bits per heavy atom. The molecule has 0 saturated carbocycles. The summed E-state index contributed by atoms with van der Waals surface area (Å²) in [6.07, 6.45) is 1.70. The molecule has 120 valence electrons. The number of hydrogen-bond donors (Lipinski definition) is 0. The first-order chi connectivity index (χ1) is 10.4. The summed E-state index contributed by atoms with van der Waals surface area (Å²) in [5.41, 5.74) is 1.43. The van der Waals surface area contributed by atoms with Gasteiger partial charge < -0.3 is 4.74 Å². The maximum absolute atomic E-state index is 12.4. The third-order valence-corrected chi connectivity index (χ3v) is 4.59. The number of rotatable bonds is 8. The molecule has 0 aliphatic heterocycles. The van der Waals surface area contributed by atoms with E-state index in [2.05, 4.69) is 11.3 Å². The molecule has 0 spiro atoms. The number of allylic oxidation sites excluding steroid dienone is 2. The van der Waals surface area contributed by atoms with Crippen LogP contribution in [-0.2, 0) is 4.79 Å². The summed E-state index contributed by atoms with van der Waals surface area (Å²) in [5, 5.41) is 0. The number of alkyl halides is 2. The van der Waals surface area contributed by atoms with Crippen molar-refractivity contribution in [3.63, 3.8) is 0 Å². The summed E-state index contributed by atoms with van der Waals surface area (Å²) in [6.45, 7) is 6.98. The van der Waals surface area contributed by atoms with Crippen LogP contribution in [0.2, 0.25) is 0 Å². The zero-order valence-electron chi connectivity index (χ0n) is 12.9. The van der Waals surface area contributed by atoms with E-state index in [9.17, 15) is 13.6 Å². The molecule has 0 saturated heterocycles. The van der Waals surface area contributed by atoms with Gasteiger partial charge in [-0.3, -0.25) is 4.79 Å². The number of para-hydroxylation sites is 1. The van der Waals surface area contributed by atoms with Crippen LogP contribution < -0.4 is 4.74 Å². The fourth-order valence-electron chi connectivity index (χ4n) is 1.83. The molecule has 0 aromatic heterocycles. The second kappa shape index (κ2) is 8.73. The van der Waals surface area contributed by atoms with Gasteiger partial charge in [-0.25, -0.2) is 0 Å². The second-order valence-electron chi connectivity index (χ2n) is 4.87. The lowest BCUT2D eigenvalue weighted by Crippen LogP contribution is -2.04. The number of halogens is 2. The molecule has 0 bridgehead atoms. The van der Waals surface area contributed by atoms with Gasteiger partial charge in [0.15, 0.2) is 6.29 Å². The van der Waals surface area contributed by atoms with Crippen molar-refractivity contribution < 1.29 is 18.3 Å². The molecule has 1 rings (SSSR count). The lowest BCUT2D eigenvalue weighted by Gasteiger charge is -2.15. The minimum Gasteiger partial charge on any atom is -0.434 e. The first kappa shape index (κ1) is 18.4. The van der Waals surface area contributed by atoms with Crippen LogP contribution >= 0.6 is 11.8 Å². The maximum atomic E-state index is 12.4. The molecule has 0 heterocycles. The molecule has 0 fully saturated rings. The summed E-state index contributed by atoms with van der Waals surface area (Å²) in [4.78, 5) is 12.4. The molecule has 1 aromatic rings. The van der Waals surface area contributed by atoms with Gasteiger partial charge in [-0.05, 0) is 25.3 Å². The van der Waals surface area contributed by atoms with E-state index in [-0.39, 0.29) is 11.7 Å². The van der Waals surface area contributed by atoms with Crippen molar-refractivity contribution in [3.05, 3.63) is 46.9 Å². The average molecular weight is 326 g/mol. The number of carbonyl (C=O) groups excluding carboxylic acids is 1. The summed E-state index contributed by atoms with van der Waals surface area (Å²) >= 11 is 1.18. The van der Waals surface area contributed by atoms with Crippen LogP contribution in [0.25, 0.3) is 4.91 Å². The standard InChI is InChI=1S/C17H20F2O2S/c1-5-11(2)12(3)16(10-20)22-13(4)14-8-6-7-9-15(14)21-17(18)19/h6-11,17H,4-5H2,1-3H3/b16-12-. The summed E-state index contributed by atoms with van der Waals surface area (Å²) in [6, 6.07) is 6.43. The van der Waals surface area contributed by atoms with E-state index in [1.54, 1.807) is 18.2 Å². The van der Waals surface area contributed by atoms with Gasteiger partial charge in [0.2, 0.25) is 0 Å². The fourth-order valence-corrected chi connectivity index (χ4v) is 2.78. The van der Waals surface area contributed by atoms with E-state index in [1.165, 1.54) is 17.8 Å². The highest BCUT2D eigenvalue weighted by Gasteiger charge is 2.15. The van der Waals surface area contributed by atoms with Crippen molar-refractivity contribution in [1.29, 1.82) is 0 Å². The van der Waals surface area contributed by atoms with Crippen molar-refractivity contribution in [3.8, 4) is 5.75 Å². The van der Waals surface area contributed by atoms with Crippen molar-refractivity contribution in [2.24, 2.45) is 5.92 Å². The highest BCUT2D eigenvalue weighted by Crippen LogP contribution is 2.38. The first-order valence-electron chi connectivity index (χ1n) is 6.97. The number of carbonyl (C=O) groups is 1. The molecule has 0 amide bonds. The lowest BCUT2D eigenvalue weighted by atomic mass is 10.00. The summed E-state index contributed by atoms with van der Waals surface area (Å²) in [7, 11) is 0. The molecule has 22 heavy (non-hydrogen) atoms. The Morgan fingerprint density at radius 2 is 2.05 bits per heavy atom. The van der Waals surface area contributed by atoms with Gasteiger partial charge in [0.05, 0.1) is 4.91 Å². The predicted octanol–water partition coefficient (Wildman–Crippen LogP) is 5.51. The predicted molar refractivity (Wildman–Crippen MR) is 87.9 cm³/mol. The Balaban J connectivity index is 3.04. The molecular formula is C17H20F2O2S. The smallest absolute Gasteiger partial charge is 0.387 e. The Labute approximate surface area is 134 Å². The SMILES string of the molecule is C=C(S/C(C=O)=C(/C)C(C)CC)c1ccccc1OC(F)F. The van der Waals surface area contributed by atoms with Crippen LogP contribution in [0.3, 0.4) is 0 Å². The molecule has 0 N–H and O–H groups in total. The maximum Gasteiger partial charge on any atom is 0.387 e. The minimum atomic E-state index is -2.90. The lowest BCUT2D eigenvalue weighted by molar-refractivity contribution is -0.104. The Bertz CT molecular complexity index is 568. The Morgan fingerprint density at radius 3 is 2.59 bits per heavy atom. The highest BCUT2D eigenvalue weighted by molar-refractivity contribution is 8.12. The molecule has 1 atom stereocenters. The number of hydrogen-bond acceptors (Lipinski definition) is 3. The Hall–Kier alpha value is -1.62. The van der Waals surface area contributed by atoms with E-state index in [4.69, 9.17) is 0 Å². The average Bonchev–Trinajstić information content (AvgIpc) is 2.50. The second-order valence-corrected chi connectivity index (χ2v) is 6.01. The number of ether oxygens (including phenoxy) is 1. The minimum absolute atomic E-state index is 0.0569. The normalized spacial score (nSPS) is 13.5. The van der Waals surface area contributed by atoms with Crippen LogP contribution in [0, 0.1) is 5.92 Å². The summed E-state index contributed by atoms with van der Waals surface area (Å²) < 4.78 is 29.4. The van der Waals surface area contributed by atoms with Crippen molar-refractivity contribution >= 4 is 23.0 Å². The zero-order chi connectivity index (χ0) is 16.7. The summed E-state index contributed by atoms with van der Waals surface area (Å²) in [5.74, 6) is 0.328. The van der Waals surface area contributed by atoms with Gasteiger partial charge in [-0.2, -0.15) is 8.78 Å². The molecule has 1 aromatic carbocycles. The van der Waals surface area contributed by atoms with Crippen LogP contribution in [0.15, 0.2) is 41.3 Å². The third kappa shape index (κ3) is 4.98. The zero-order valence-corrected chi connectivity index (χ0v) is 13.8. The molecule has 5 heteroatoms. The van der Waals surface area contributed by atoms with Gasteiger partial charge in [-0.1, -0.05) is 56.0 Å². The van der Waals surface area contributed by atoms with Crippen LogP contribution in [0.4, 0.5) is 8.78 Å². The topological polar surface area (TPSA) is 26.3 Å². The Kier molecular flexibility index (Phi) is 7.32. The van der Waals surface area contributed by atoms with E-state index in [0.717, 1.165) is 18.3 Å². The van der Waals surface area contributed by atoms with E-state index >= 15 is 0 Å². The number of benzene rings is 1. The number of aldehydes is 1. The third-order valence-electron chi connectivity index (χ3n) is 3.48. The van der Waals surface area contributed by atoms with Crippen LogP contribution in [-0.4, -0.2) is 12.9 Å². The van der Waals surface area contributed by atoms with Gasteiger partial charge in [0.1, 0.15) is 5.75 Å². The fraction of sp³-hybridized carbons (Fsp3) is 0.353. The van der Waals surface area contributed by atoms with Crippen molar-refractivity contribution in [1.82, 2.24) is 0 Å². The monoisotopic (exact) mass is 326 g/mol. The van der Waals surface area contributed by atoms with E-state index in [1.807, 2.05) is 20.8 Å². The van der Waals surface area contributed by atoms with E-state index in [0.29, 0.717) is 15.4 Å². The van der Waals surface area contributed by atoms with Gasteiger partial charge in [0, 0.05) is 10.5 Å². The molecular weight excluding hydrogens is 306 g/mol. The van der Waals surface area contributed by atoms with Gasteiger partial charge >= 0.3 is 6.61 Å². The van der Waals surface area contributed by atoms with Crippen molar-refractivity contribution in [2.45, 2.75) is 33.8 Å². The van der Waals surface area contributed by atoms with Gasteiger partial charge in [0.25, 0.3) is 0 Å². The van der Waals surface area contributed by atoms with Crippen LogP contribution in [0.1, 0.15) is 32.8 Å². The van der Waals surface area contributed by atoms with Crippen LogP contribution in [0.5, 0.6) is 5.75 Å². The van der Waals surface area contributed by atoms with E-state index < -0.39 is 6.61 Å². The van der Waals surface area contributed by atoms with Crippen molar-refractivity contribution in [2.75, 3.05) is 0 Å². The molecule has 0 radical (unpaired) electrons. The molecule has 2 nitrogen and oxygen atoms in total. The quantitative estimate of drug-likeness (QED) is 0.465. The molecule has 0 aliphatic rings. The first-order valence-corrected chi connectivity index (χ1v) is 7.79. The largest absolute Gasteiger partial charge is 0.434 e.